The number of halogens is 2. The summed E-state index contributed by atoms with van der Waals surface area (Å²) in [6.45, 7) is 16.0. The van der Waals surface area contributed by atoms with E-state index in [9.17, 15) is 8.78 Å². The summed E-state index contributed by atoms with van der Waals surface area (Å²) in [6, 6.07) is 0. The third-order valence-electron chi connectivity index (χ3n) is 6.18. The third kappa shape index (κ3) is 11.7. The Labute approximate surface area is 173 Å². The summed E-state index contributed by atoms with van der Waals surface area (Å²) in [5, 5.41) is 0. The highest BCUT2D eigenvalue weighted by Gasteiger charge is 2.38. The van der Waals surface area contributed by atoms with Crippen LogP contribution < -0.4 is 0 Å². The average molecular weight is 405 g/mol. The summed E-state index contributed by atoms with van der Waals surface area (Å²) in [4.78, 5) is 0. The molecule has 0 aliphatic heterocycles. The number of ether oxygens (including phenoxy) is 2. The first-order chi connectivity index (χ1) is 12.6. The lowest BCUT2D eigenvalue weighted by Crippen LogP contribution is -2.28. The summed E-state index contributed by atoms with van der Waals surface area (Å²) >= 11 is 0. The van der Waals surface area contributed by atoms with Gasteiger partial charge in [-0.15, -0.1) is 0 Å². The molecule has 0 radical (unpaired) electrons. The molecule has 0 saturated heterocycles. The van der Waals surface area contributed by atoms with Gasteiger partial charge >= 0.3 is 0 Å². The Morgan fingerprint density at radius 1 is 0.821 bits per heavy atom. The van der Waals surface area contributed by atoms with Gasteiger partial charge in [-0.1, -0.05) is 34.6 Å². The highest BCUT2D eigenvalue weighted by molar-refractivity contribution is 4.88. The average Bonchev–Trinajstić information content (AvgIpc) is 3.27. The molecule has 0 aromatic heterocycles. The number of hydrogen-bond donors (Lipinski definition) is 0. The standard InChI is InChI=1S/C24H46F2O2/c1-21(2,3)13-10-19-16-20(19)17-28-23(6,7)15-14-22(4,5)11-9-12-24(25,26)18-27-8/h19-20H,9-18H2,1-8H3. The van der Waals surface area contributed by atoms with Crippen molar-refractivity contribution in [2.24, 2.45) is 22.7 Å². The molecule has 4 heteroatoms. The Morgan fingerprint density at radius 3 is 2.04 bits per heavy atom. The van der Waals surface area contributed by atoms with Crippen LogP contribution in [-0.4, -0.2) is 31.8 Å². The maximum atomic E-state index is 13.6. The predicted molar refractivity (Wildman–Crippen MR) is 114 cm³/mol. The van der Waals surface area contributed by atoms with Gasteiger partial charge in [0, 0.05) is 13.5 Å². The van der Waals surface area contributed by atoms with Gasteiger partial charge in [0.05, 0.1) is 12.2 Å². The Morgan fingerprint density at radius 2 is 1.46 bits per heavy atom. The summed E-state index contributed by atoms with van der Waals surface area (Å²) in [6.07, 6.45) is 7.12. The molecule has 1 rings (SSSR count). The van der Waals surface area contributed by atoms with Crippen molar-refractivity contribution in [1.29, 1.82) is 0 Å². The molecule has 0 amide bonds. The minimum absolute atomic E-state index is 0.0542. The van der Waals surface area contributed by atoms with Gasteiger partial charge in [-0.3, -0.25) is 0 Å². The molecule has 1 saturated carbocycles. The Bertz CT molecular complexity index is 452. The van der Waals surface area contributed by atoms with Crippen molar-refractivity contribution >= 4 is 0 Å². The molecule has 28 heavy (non-hydrogen) atoms. The lowest BCUT2D eigenvalue weighted by molar-refractivity contribution is -0.0729. The second kappa shape index (κ2) is 10.2. The quantitative estimate of drug-likeness (QED) is 0.298. The molecule has 0 aromatic rings. The van der Waals surface area contributed by atoms with E-state index in [2.05, 4.69) is 53.2 Å². The van der Waals surface area contributed by atoms with Crippen molar-refractivity contribution in [3.63, 3.8) is 0 Å². The second-order valence-electron chi connectivity index (χ2n) is 11.7. The summed E-state index contributed by atoms with van der Waals surface area (Å²) in [7, 11) is 1.33. The van der Waals surface area contributed by atoms with Crippen LogP contribution in [0.5, 0.6) is 0 Å². The van der Waals surface area contributed by atoms with Gasteiger partial charge in [0.2, 0.25) is 0 Å². The Balaban J connectivity index is 2.25. The summed E-state index contributed by atoms with van der Waals surface area (Å²) < 4.78 is 38.0. The van der Waals surface area contributed by atoms with E-state index in [4.69, 9.17) is 4.74 Å². The monoisotopic (exact) mass is 404 g/mol. The van der Waals surface area contributed by atoms with E-state index in [1.54, 1.807) is 0 Å². The van der Waals surface area contributed by atoms with E-state index in [-0.39, 0.29) is 17.4 Å². The smallest absolute Gasteiger partial charge is 0.270 e. The zero-order valence-corrected chi connectivity index (χ0v) is 19.8. The van der Waals surface area contributed by atoms with Gasteiger partial charge in [0.1, 0.15) is 6.61 Å². The van der Waals surface area contributed by atoms with E-state index in [0.29, 0.717) is 11.8 Å². The lowest BCUT2D eigenvalue weighted by Gasteiger charge is -2.32. The third-order valence-corrected chi connectivity index (χ3v) is 6.18. The van der Waals surface area contributed by atoms with Gasteiger partial charge in [0.15, 0.2) is 0 Å². The Kier molecular flexibility index (Phi) is 9.40. The highest BCUT2D eigenvalue weighted by atomic mass is 19.3. The minimum Gasteiger partial charge on any atom is -0.378 e. The SMILES string of the molecule is COCC(F)(F)CCCC(C)(C)CCC(C)(C)OCC1CC1CCC(C)(C)C. The van der Waals surface area contributed by atoms with Crippen LogP contribution in [0.1, 0.15) is 99.8 Å². The van der Waals surface area contributed by atoms with Gasteiger partial charge in [-0.25, -0.2) is 8.78 Å². The number of rotatable bonds is 14. The van der Waals surface area contributed by atoms with Crippen LogP contribution >= 0.6 is 0 Å². The predicted octanol–water partition coefficient (Wildman–Crippen LogP) is 7.50. The van der Waals surface area contributed by atoms with E-state index in [0.717, 1.165) is 37.7 Å². The molecule has 1 aliphatic carbocycles. The fourth-order valence-electron chi connectivity index (χ4n) is 3.76. The van der Waals surface area contributed by atoms with Crippen molar-refractivity contribution in [2.45, 2.75) is 111 Å². The fourth-order valence-corrected chi connectivity index (χ4v) is 3.76. The van der Waals surface area contributed by atoms with Gasteiger partial charge < -0.3 is 9.47 Å². The van der Waals surface area contributed by atoms with E-state index >= 15 is 0 Å². The van der Waals surface area contributed by atoms with Crippen LogP contribution in [0.3, 0.4) is 0 Å². The number of alkyl halides is 2. The lowest BCUT2D eigenvalue weighted by atomic mass is 9.80. The first-order valence-electron chi connectivity index (χ1n) is 11.2. The second-order valence-corrected chi connectivity index (χ2v) is 11.7. The number of methoxy groups -OCH3 is 1. The zero-order chi connectivity index (χ0) is 21.6. The maximum absolute atomic E-state index is 13.6. The van der Waals surface area contributed by atoms with E-state index < -0.39 is 12.5 Å². The van der Waals surface area contributed by atoms with Crippen molar-refractivity contribution in [3.05, 3.63) is 0 Å². The molecule has 0 heterocycles. The van der Waals surface area contributed by atoms with Crippen LogP contribution in [0.25, 0.3) is 0 Å². The molecule has 2 atom stereocenters. The maximum Gasteiger partial charge on any atom is 0.270 e. The van der Waals surface area contributed by atoms with Crippen LogP contribution in [0, 0.1) is 22.7 Å². The molecular weight excluding hydrogens is 358 g/mol. The molecule has 0 N–H and O–H groups in total. The number of hydrogen-bond acceptors (Lipinski definition) is 2. The summed E-state index contributed by atoms with van der Waals surface area (Å²) in [5.74, 6) is -1.13. The first-order valence-corrected chi connectivity index (χ1v) is 11.2. The Hall–Kier alpha value is -0.220. The van der Waals surface area contributed by atoms with Crippen molar-refractivity contribution in [3.8, 4) is 0 Å². The molecule has 1 fully saturated rings. The van der Waals surface area contributed by atoms with E-state index in [1.165, 1.54) is 26.4 Å². The molecule has 0 aromatic carbocycles. The van der Waals surface area contributed by atoms with Crippen LogP contribution in [-0.2, 0) is 9.47 Å². The highest BCUT2D eigenvalue weighted by Crippen LogP contribution is 2.45. The minimum atomic E-state index is -2.71. The van der Waals surface area contributed by atoms with Crippen molar-refractivity contribution in [1.82, 2.24) is 0 Å². The van der Waals surface area contributed by atoms with Gasteiger partial charge in [0.25, 0.3) is 5.92 Å². The van der Waals surface area contributed by atoms with Gasteiger partial charge in [-0.05, 0) is 81.5 Å². The normalized spacial score (nSPS) is 21.2. The molecule has 168 valence electrons. The van der Waals surface area contributed by atoms with Gasteiger partial charge in [-0.2, -0.15) is 0 Å². The van der Waals surface area contributed by atoms with Crippen molar-refractivity contribution in [2.75, 3.05) is 20.3 Å². The van der Waals surface area contributed by atoms with Crippen LogP contribution in [0.15, 0.2) is 0 Å². The van der Waals surface area contributed by atoms with Crippen LogP contribution in [0.2, 0.25) is 0 Å². The summed E-state index contributed by atoms with van der Waals surface area (Å²) in [5.41, 5.74) is 0.333. The molecule has 0 spiro atoms. The molecule has 0 bridgehead atoms. The van der Waals surface area contributed by atoms with E-state index in [1.807, 2.05) is 0 Å². The zero-order valence-electron chi connectivity index (χ0n) is 19.8. The molecule has 2 nitrogen and oxygen atoms in total. The van der Waals surface area contributed by atoms with Crippen molar-refractivity contribution < 1.29 is 18.3 Å². The largest absolute Gasteiger partial charge is 0.378 e. The molecular formula is C24H46F2O2. The molecule has 2 unspecified atom stereocenters. The first kappa shape index (κ1) is 25.8. The topological polar surface area (TPSA) is 18.5 Å². The molecule has 1 aliphatic rings. The van der Waals surface area contributed by atoms with Crippen LogP contribution in [0.4, 0.5) is 8.78 Å². The fraction of sp³-hybridized carbons (Fsp3) is 1.00.